The summed E-state index contributed by atoms with van der Waals surface area (Å²) in [6, 6.07) is 7.14. The van der Waals surface area contributed by atoms with E-state index >= 15 is 0 Å². The first-order chi connectivity index (χ1) is 9.52. The van der Waals surface area contributed by atoms with Crippen LogP contribution in [0, 0.1) is 0 Å². The summed E-state index contributed by atoms with van der Waals surface area (Å²) < 4.78 is 5.49. The van der Waals surface area contributed by atoms with E-state index in [1.165, 1.54) is 0 Å². The second kappa shape index (κ2) is 6.13. The number of hydrogen-bond acceptors (Lipinski definition) is 4. The van der Waals surface area contributed by atoms with Crippen molar-refractivity contribution < 1.29 is 14.6 Å². The number of benzene rings is 1. The highest BCUT2D eigenvalue weighted by Crippen LogP contribution is 2.26. The lowest BCUT2D eigenvalue weighted by Crippen LogP contribution is -2.63. The van der Waals surface area contributed by atoms with Gasteiger partial charge < -0.3 is 20.5 Å². The molecule has 1 fully saturated rings. The summed E-state index contributed by atoms with van der Waals surface area (Å²) in [4.78, 5) is 13.6. The molecule has 3 N–H and O–H groups in total. The van der Waals surface area contributed by atoms with Gasteiger partial charge in [0, 0.05) is 11.8 Å². The van der Waals surface area contributed by atoms with E-state index in [0.717, 1.165) is 12.8 Å². The summed E-state index contributed by atoms with van der Waals surface area (Å²) in [5.41, 5.74) is 5.62. The highest BCUT2D eigenvalue weighted by molar-refractivity contribution is 5.77. The quantitative estimate of drug-likeness (QED) is 0.771. The van der Waals surface area contributed by atoms with Crippen LogP contribution < -0.4 is 10.5 Å². The summed E-state index contributed by atoms with van der Waals surface area (Å²) >= 11 is 0. The Bertz CT molecular complexity index is 470. The molecule has 1 amide bonds. The van der Waals surface area contributed by atoms with Crippen LogP contribution in [0.1, 0.15) is 26.2 Å². The number of anilines is 1. The van der Waals surface area contributed by atoms with Crippen LogP contribution in [0.3, 0.4) is 0 Å². The molecule has 1 saturated heterocycles. The van der Waals surface area contributed by atoms with Gasteiger partial charge in [-0.15, -0.1) is 0 Å². The van der Waals surface area contributed by atoms with Gasteiger partial charge in [-0.25, -0.2) is 0 Å². The van der Waals surface area contributed by atoms with Crippen molar-refractivity contribution in [2.75, 3.05) is 25.4 Å². The number of nitrogen functional groups attached to an aromatic ring is 1. The number of aliphatic hydroxyl groups is 1. The number of hydrogen-bond donors (Lipinski definition) is 2. The number of carbonyl (C=O) groups excluding carboxylic acids is 1. The zero-order chi connectivity index (χ0) is 14.6. The zero-order valence-electron chi connectivity index (χ0n) is 11.8. The molecule has 0 bridgehead atoms. The molecule has 5 nitrogen and oxygen atoms in total. The van der Waals surface area contributed by atoms with E-state index in [4.69, 9.17) is 10.5 Å². The average molecular weight is 278 g/mol. The molecule has 1 heterocycles. The lowest BCUT2D eigenvalue weighted by atomic mass is 9.89. The Balaban J connectivity index is 1.69. The number of rotatable bonds is 6. The Labute approximate surface area is 119 Å². The highest BCUT2D eigenvalue weighted by Gasteiger charge is 2.42. The Hall–Kier alpha value is -1.75. The van der Waals surface area contributed by atoms with E-state index in [1.54, 1.807) is 17.0 Å². The molecular weight excluding hydrogens is 256 g/mol. The molecule has 0 spiro atoms. The van der Waals surface area contributed by atoms with Gasteiger partial charge in [0.05, 0.1) is 31.7 Å². The lowest BCUT2D eigenvalue weighted by molar-refractivity contribution is -0.157. The highest BCUT2D eigenvalue weighted by atomic mass is 16.5. The fourth-order valence-corrected chi connectivity index (χ4v) is 2.48. The Morgan fingerprint density at radius 2 is 2.25 bits per heavy atom. The standard InChI is InChI=1S/C15H22N2O3/c1-2-7-15(19)10-17(11-15)14(18)6-8-20-13-5-3-4-12(16)9-13/h3-5,9,19H,2,6-8,10-11,16H2,1H3. The van der Waals surface area contributed by atoms with Crippen molar-refractivity contribution in [2.45, 2.75) is 31.8 Å². The molecule has 1 aliphatic heterocycles. The molecule has 1 aromatic carbocycles. The van der Waals surface area contributed by atoms with Gasteiger partial charge in [-0.1, -0.05) is 19.4 Å². The Morgan fingerprint density at radius 3 is 2.90 bits per heavy atom. The van der Waals surface area contributed by atoms with Crippen molar-refractivity contribution in [3.63, 3.8) is 0 Å². The molecule has 1 aliphatic rings. The third-order valence-electron chi connectivity index (χ3n) is 3.48. The number of likely N-dealkylation sites (tertiary alicyclic amines) is 1. The van der Waals surface area contributed by atoms with Gasteiger partial charge >= 0.3 is 0 Å². The van der Waals surface area contributed by atoms with Crippen LogP contribution in [0.2, 0.25) is 0 Å². The van der Waals surface area contributed by atoms with Crippen LogP contribution in [-0.2, 0) is 4.79 Å². The summed E-state index contributed by atoms with van der Waals surface area (Å²) in [5.74, 6) is 0.693. The van der Waals surface area contributed by atoms with E-state index < -0.39 is 5.60 Å². The van der Waals surface area contributed by atoms with E-state index in [0.29, 0.717) is 37.6 Å². The molecule has 0 saturated carbocycles. The third-order valence-corrected chi connectivity index (χ3v) is 3.48. The topological polar surface area (TPSA) is 75.8 Å². The molecule has 0 atom stereocenters. The monoisotopic (exact) mass is 278 g/mol. The van der Waals surface area contributed by atoms with Crippen molar-refractivity contribution in [2.24, 2.45) is 0 Å². The number of nitrogens with zero attached hydrogens (tertiary/aromatic N) is 1. The minimum Gasteiger partial charge on any atom is -0.493 e. The van der Waals surface area contributed by atoms with Gasteiger partial charge in [0.1, 0.15) is 5.75 Å². The molecule has 0 radical (unpaired) electrons. The van der Waals surface area contributed by atoms with Crippen molar-refractivity contribution in [1.82, 2.24) is 4.90 Å². The molecule has 0 aliphatic carbocycles. The van der Waals surface area contributed by atoms with Crippen LogP contribution in [0.25, 0.3) is 0 Å². The summed E-state index contributed by atoms with van der Waals surface area (Å²) in [6.45, 7) is 3.24. The van der Waals surface area contributed by atoms with Gasteiger partial charge in [0.2, 0.25) is 5.91 Å². The number of ether oxygens (including phenoxy) is 1. The maximum atomic E-state index is 11.9. The van der Waals surface area contributed by atoms with Crippen molar-refractivity contribution in [3.8, 4) is 5.75 Å². The molecule has 20 heavy (non-hydrogen) atoms. The predicted octanol–water partition coefficient (Wildman–Crippen LogP) is 1.41. The fraction of sp³-hybridized carbons (Fsp3) is 0.533. The van der Waals surface area contributed by atoms with Crippen molar-refractivity contribution in [3.05, 3.63) is 24.3 Å². The Kier molecular flexibility index (Phi) is 4.49. The smallest absolute Gasteiger partial charge is 0.226 e. The second-order valence-corrected chi connectivity index (χ2v) is 5.40. The molecule has 2 rings (SSSR count). The van der Waals surface area contributed by atoms with Crippen molar-refractivity contribution >= 4 is 11.6 Å². The first kappa shape index (κ1) is 14.7. The SMILES string of the molecule is CCCC1(O)CN(C(=O)CCOc2cccc(N)c2)C1. The summed E-state index contributed by atoms with van der Waals surface area (Å²) in [7, 11) is 0. The third kappa shape index (κ3) is 3.63. The van der Waals surface area contributed by atoms with Gasteiger partial charge in [-0.2, -0.15) is 0 Å². The molecule has 1 aromatic rings. The minimum atomic E-state index is -0.668. The van der Waals surface area contributed by atoms with E-state index in [-0.39, 0.29) is 5.91 Å². The van der Waals surface area contributed by atoms with Crippen LogP contribution in [0.15, 0.2) is 24.3 Å². The van der Waals surface area contributed by atoms with Gasteiger partial charge in [-0.3, -0.25) is 4.79 Å². The minimum absolute atomic E-state index is 0.0229. The number of amides is 1. The fourth-order valence-electron chi connectivity index (χ4n) is 2.48. The first-order valence-electron chi connectivity index (χ1n) is 7.01. The van der Waals surface area contributed by atoms with Crippen LogP contribution in [-0.4, -0.2) is 41.2 Å². The average Bonchev–Trinajstić information content (AvgIpc) is 2.36. The summed E-state index contributed by atoms with van der Waals surface area (Å²) in [5, 5.41) is 10.0. The van der Waals surface area contributed by atoms with Crippen molar-refractivity contribution in [1.29, 1.82) is 0 Å². The van der Waals surface area contributed by atoms with Gasteiger partial charge in [0.15, 0.2) is 0 Å². The lowest BCUT2D eigenvalue weighted by Gasteiger charge is -2.46. The largest absolute Gasteiger partial charge is 0.493 e. The molecule has 5 heteroatoms. The number of nitrogens with two attached hydrogens (primary N) is 1. The molecular formula is C15H22N2O3. The maximum Gasteiger partial charge on any atom is 0.226 e. The zero-order valence-corrected chi connectivity index (χ0v) is 11.8. The first-order valence-corrected chi connectivity index (χ1v) is 7.01. The molecule has 110 valence electrons. The normalized spacial score (nSPS) is 16.6. The molecule has 0 aromatic heterocycles. The van der Waals surface area contributed by atoms with Crippen LogP contribution >= 0.6 is 0 Å². The maximum absolute atomic E-state index is 11.9. The predicted molar refractivity (Wildman–Crippen MR) is 77.4 cm³/mol. The van der Waals surface area contributed by atoms with E-state index in [9.17, 15) is 9.90 Å². The van der Waals surface area contributed by atoms with Crippen LogP contribution in [0.4, 0.5) is 5.69 Å². The van der Waals surface area contributed by atoms with Crippen LogP contribution in [0.5, 0.6) is 5.75 Å². The summed E-state index contributed by atoms with van der Waals surface area (Å²) in [6.07, 6.45) is 1.99. The van der Waals surface area contributed by atoms with Gasteiger partial charge in [-0.05, 0) is 18.6 Å². The number of carbonyl (C=O) groups is 1. The second-order valence-electron chi connectivity index (χ2n) is 5.40. The molecule has 0 unspecified atom stereocenters. The van der Waals surface area contributed by atoms with Gasteiger partial charge in [0.25, 0.3) is 0 Å². The Morgan fingerprint density at radius 1 is 1.50 bits per heavy atom. The number of β-amino-alcohol motifs (C(OH)–C–C–N with tert-alkyl or cyclic N) is 1. The van der Waals surface area contributed by atoms with E-state index in [1.807, 2.05) is 19.1 Å². The van der Waals surface area contributed by atoms with E-state index in [2.05, 4.69) is 0 Å².